The van der Waals surface area contributed by atoms with Crippen LogP contribution in [0, 0.1) is 6.92 Å². The summed E-state index contributed by atoms with van der Waals surface area (Å²) in [6.07, 6.45) is 1.74. The molecule has 0 unspecified atom stereocenters. The van der Waals surface area contributed by atoms with Gasteiger partial charge in [0.25, 0.3) is 0 Å². The number of nitrogens with zero attached hydrogens (tertiary/aromatic N) is 2. The molecule has 7 nitrogen and oxygen atoms in total. The van der Waals surface area contributed by atoms with Gasteiger partial charge in [-0.25, -0.2) is 8.42 Å². The molecule has 0 spiro atoms. The number of benzene rings is 2. The molecule has 0 saturated heterocycles. The van der Waals surface area contributed by atoms with Crippen molar-refractivity contribution in [2.24, 2.45) is 0 Å². The molecule has 0 aliphatic rings. The number of carbonyl (C=O) groups is 2. The smallest absolute Gasteiger partial charge is 0.244 e. The normalized spacial score (nSPS) is 12.2. The summed E-state index contributed by atoms with van der Waals surface area (Å²) in [6.45, 7) is 5.14. The van der Waals surface area contributed by atoms with Crippen molar-refractivity contribution in [2.75, 3.05) is 23.7 Å². The Hall–Kier alpha value is -2.00. The fourth-order valence-electron chi connectivity index (χ4n) is 3.26. The minimum atomic E-state index is -3.85. The first-order valence-corrected chi connectivity index (χ1v) is 13.6. The first-order valence-electron chi connectivity index (χ1n) is 10.6. The van der Waals surface area contributed by atoms with Crippen molar-refractivity contribution < 1.29 is 18.0 Å². The van der Waals surface area contributed by atoms with Crippen LogP contribution in [0.15, 0.2) is 36.4 Å². The highest BCUT2D eigenvalue weighted by Gasteiger charge is 2.31. The number of sulfonamides is 1. The van der Waals surface area contributed by atoms with E-state index in [-0.39, 0.29) is 18.1 Å². The van der Waals surface area contributed by atoms with Crippen molar-refractivity contribution in [1.29, 1.82) is 0 Å². The van der Waals surface area contributed by atoms with Crippen LogP contribution in [-0.2, 0) is 26.2 Å². The minimum absolute atomic E-state index is 0.0122. The summed E-state index contributed by atoms with van der Waals surface area (Å²) in [5.41, 5.74) is 1.49. The highest BCUT2D eigenvalue weighted by molar-refractivity contribution is 7.92. The number of halogens is 3. The Labute approximate surface area is 216 Å². The number of aryl methyl sites for hydroxylation is 1. The van der Waals surface area contributed by atoms with Gasteiger partial charge in [-0.2, -0.15) is 0 Å². The molecule has 0 aliphatic carbocycles. The molecule has 34 heavy (non-hydrogen) atoms. The van der Waals surface area contributed by atoms with Gasteiger partial charge in [0.2, 0.25) is 21.8 Å². The van der Waals surface area contributed by atoms with Crippen LogP contribution in [0.1, 0.15) is 31.4 Å². The molecule has 1 N–H and O–H groups in total. The molecule has 1 atom stereocenters. The summed E-state index contributed by atoms with van der Waals surface area (Å²) in [5, 5.41) is 3.87. The number of rotatable bonds is 10. The molecule has 186 valence electrons. The number of carbonyl (C=O) groups excluding carboxylic acids is 2. The average Bonchev–Trinajstić information content (AvgIpc) is 2.75. The molecule has 2 rings (SSSR count). The molecule has 0 fully saturated rings. The lowest BCUT2D eigenvalue weighted by Gasteiger charge is -2.32. The lowest BCUT2D eigenvalue weighted by molar-refractivity contribution is -0.139. The maximum absolute atomic E-state index is 13.5. The zero-order chi connectivity index (χ0) is 25.6. The number of amides is 2. The van der Waals surface area contributed by atoms with E-state index in [1.165, 1.54) is 11.0 Å². The predicted octanol–water partition coefficient (Wildman–Crippen LogP) is 4.66. The Morgan fingerprint density at radius 2 is 1.68 bits per heavy atom. The standard InChI is InChI=1S/C23H28Cl3N3O4S/c1-5-10-27-23(31)16(3)28(13-17-7-9-18(24)11-20(17)26)22(30)14-29(34(4,32)33)21-12-19(25)8-6-15(21)2/h6-9,11-12,16H,5,10,13-14H2,1-4H3,(H,27,31)/t16-/m0/s1. The molecule has 0 aromatic heterocycles. The third-order valence-corrected chi connectivity index (χ3v) is 7.14. The number of nitrogens with one attached hydrogen (secondary N) is 1. The maximum atomic E-state index is 13.5. The van der Waals surface area contributed by atoms with Gasteiger partial charge >= 0.3 is 0 Å². The zero-order valence-electron chi connectivity index (χ0n) is 19.4. The fourth-order valence-corrected chi connectivity index (χ4v) is 4.79. The van der Waals surface area contributed by atoms with Crippen molar-refractivity contribution >= 4 is 62.3 Å². The van der Waals surface area contributed by atoms with Crippen molar-refractivity contribution in [1.82, 2.24) is 10.2 Å². The van der Waals surface area contributed by atoms with Gasteiger partial charge in [0, 0.05) is 28.2 Å². The SMILES string of the molecule is CCCNC(=O)[C@H](C)N(Cc1ccc(Cl)cc1Cl)C(=O)CN(c1cc(Cl)ccc1C)S(C)(=O)=O. The van der Waals surface area contributed by atoms with E-state index in [0.29, 0.717) is 32.7 Å². The molecule has 0 heterocycles. The average molecular weight is 549 g/mol. The number of hydrogen-bond acceptors (Lipinski definition) is 4. The van der Waals surface area contributed by atoms with Crippen molar-refractivity contribution in [3.8, 4) is 0 Å². The zero-order valence-corrected chi connectivity index (χ0v) is 22.5. The van der Waals surface area contributed by atoms with E-state index < -0.39 is 28.5 Å². The van der Waals surface area contributed by atoms with Gasteiger partial charge in [-0.15, -0.1) is 0 Å². The van der Waals surface area contributed by atoms with E-state index in [4.69, 9.17) is 34.8 Å². The van der Waals surface area contributed by atoms with Crippen LogP contribution in [0.25, 0.3) is 0 Å². The highest BCUT2D eigenvalue weighted by atomic mass is 35.5. The lowest BCUT2D eigenvalue weighted by Crippen LogP contribution is -2.51. The van der Waals surface area contributed by atoms with Gasteiger partial charge in [0.1, 0.15) is 12.6 Å². The second-order valence-corrected chi connectivity index (χ2v) is 11.1. The molecule has 0 aliphatic heterocycles. The van der Waals surface area contributed by atoms with E-state index in [1.54, 1.807) is 44.2 Å². The Morgan fingerprint density at radius 1 is 1.06 bits per heavy atom. The first-order chi connectivity index (χ1) is 15.8. The molecule has 2 amide bonds. The van der Waals surface area contributed by atoms with Crippen LogP contribution in [0.3, 0.4) is 0 Å². The first kappa shape index (κ1) is 28.2. The molecule has 0 bridgehead atoms. The second-order valence-electron chi connectivity index (χ2n) is 7.92. The van der Waals surface area contributed by atoms with Crippen LogP contribution in [0.5, 0.6) is 0 Å². The monoisotopic (exact) mass is 547 g/mol. The molecular formula is C23H28Cl3N3O4S. The van der Waals surface area contributed by atoms with E-state index in [1.807, 2.05) is 6.92 Å². The summed E-state index contributed by atoms with van der Waals surface area (Å²) in [6, 6.07) is 8.75. The van der Waals surface area contributed by atoms with Crippen molar-refractivity contribution in [3.05, 3.63) is 62.6 Å². The van der Waals surface area contributed by atoms with E-state index in [9.17, 15) is 18.0 Å². The van der Waals surface area contributed by atoms with Crippen LogP contribution < -0.4 is 9.62 Å². The summed E-state index contributed by atoms with van der Waals surface area (Å²) in [7, 11) is -3.85. The minimum Gasteiger partial charge on any atom is -0.354 e. The van der Waals surface area contributed by atoms with Gasteiger partial charge < -0.3 is 10.2 Å². The summed E-state index contributed by atoms with van der Waals surface area (Å²) >= 11 is 18.4. The van der Waals surface area contributed by atoms with E-state index >= 15 is 0 Å². The Balaban J connectivity index is 2.45. The second kappa shape index (κ2) is 12.1. The van der Waals surface area contributed by atoms with Crippen molar-refractivity contribution in [3.63, 3.8) is 0 Å². The number of anilines is 1. The molecular weight excluding hydrogens is 521 g/mol. The van der Waals surface area contributed by atoms with Crippen LogP contribution in [-0.4, -0.2) is 50.5 Å². The Bertz CT molecular complexity index is 1160. The Kier molecular flexibility index (Phi) is 10.1. The van der Waals surface area contributed by atoms with Gasteiger partial charge in [-0.3, -0.25) is 13.9 Å². The van der Waals surface area contributed by atoms with Gasteiger partial charge in [0.15, 0.2) is 0 Å². The van der Waals surface area contributed by atoms with Crippen molar-refractivity contribution in [2.45, 2.75) is 39.8 Å². The van der Waals surface area contributed by atoms with E-state index in [0.717, 1.165) is 17.0 Å². The summed E-state index contributed by atoms with van der Waals surface area (Å²) in [5.74, 6) is -0.930. The van der Waals surface area contributed by atoms with E-state index in [2.05, 4.69) is 5.32 Å². The predicted molar refractivity (Wildman–Crippen MR) is 138 cm³/mol. The molecule has 2 aromatic carbocycles. The molecule has 11 heteroatoms. The lowest BCUT2D eigenvalue weighted by atomic mass is 10.1. The molecule has 2 aromatic rings. The van der Waals surface area contributed by atoms with Gasteiger partial charge in [-0.1, -0.05) is 53.9 Å². The third-order valence-electron chi connectivity index (χ3n) is 5.19. The quantitative estimate of drug-likeness (QED) is 0.468. The summed E-state index contributed by atoms with van der Waals surface area (Å²) < 4.78 is 26.3. The largest absolute Gasteiger partial charge is 0.354 e. The van der Waals surface area contributed by atoms with Crippen LogP contribution in [0.2, 0.25) is 15.1 Å². The fraction of sp³-hybridized carbons (Fsp3) is 0.391. The highest BCUT2D eigenvalue weighted by Crippen LogP contribution is 2.27. The van der Waals surface area contributed by atoms with Crippen LogP contribution >= 0.6 is 34.8 Å². The van der Waals surface area contributed by atoms with Crippen LogP contribution in [0.4, 0.5) is 5.69 Å². The van der Waals surface area contributed by atoms with Gasteiger partial charge in [0.05, 0.1) is 11.9 Å². The number of hydrogen-bond donors (Lipinski definition) is 1. The van der Waals surface area contributed by atoms with Gasteiger partial charge in [-0.05, 0) is 55.7 Å². The third kappa shape index (κ3) is 7.50. The summed E-state index contributed by atoms with van der Waals surface area (Å²) in [4.78, 5) is 27.5. The molecule has 0 radical (unpaired) electrons. The Morgan fingerprint density at radius 3 is 2.26 bits per heavy atom. The topological polar surface area (TPSA) is 86.8 Å². The molecule has 0 saturated carbocycles. The maximum Gasteiger partial charge on any atom is 0.244 e.